The van der Waals surface area contributed by atoms with Crippen LogP contribution in [-0.2, 0) is 32.7 Å². The Morgan fingerprint density at radius 2 is 2.33 bits per heavy atom. The molecule has 0 aliphatic rings. The second-order valence-electron chi connectivity index (χ2n) is 0.880. The van der Waals surface area contributed by atoms with Crippen LogP contribution < -0.4 is 0 Å². The summed E-state index contributed by atoms with van der Waals surface area (Å²) < 4.78 is 0. The largest absolute Gasteiger partial charge is 0.245 e. The first kappa shape index (κ1) is 9.86. The van der Waals surface area contributed by atoms with Gasteiger partial charge in [0.05, 0.1) is 0 Å². The molecular formula is C5H9Y-. The number of rotatable bonds is 2. The Hall–Kier alpha value is 0.714. The Morgan fingerprint density at radius 3 is 2.33 bits per heavy atom. The minimum atomic E-state index is 0. The van der Waals surface area contributed by atoms with Crippen LogP contribution in [0.1, 0.15) is 13.3 Å². The summed E-state index contributed by atoms with van der Waals surface area (Å²) >= 11 is 0. The number of unbranched alkanes of at least 4 members (excludes halogenated alkanes) is 1. The Kier molecular flexibility index (Phi) is 15.1. The molecule has 33 valence electrons. The van der Waals surface area contributed by atoms with Crippen LogP contribution in [0.3, 0.4) is 0 Å². The first-order valence-corrected chi connectivity index (χ1v) is 1.86. The van der Waals surface area contributed by atoms with Gasteiger partial charge in [-0.15, -0.1) is 6.42 Å². The normalized spacial score (nSPS) is 5.50. The van der Waals surface area contributed by atoms with Gasteiger partial charge in [0.1, 0.15) is 0 Å². The van der Waals surface area contributed by atoms with Gasteiger partial charge in [-0.3, -0.25) is 0 Å². The van der Waals surface area contributed by atoms with Gasteiger partial charge < -0.3 is 0 Å². The summed E-state index contributed by atoms with van der Waals surface area (Å²) in [6.45, 7) is 5.58. The minimum Gasteiger partial charge on any atom is -0.245 e. The van der Waals surface area contributed by atoms with Crippen LogP contribution in [0.15, 0.2) is 12.7 Å². The van der Waals surface area contributed by atoms with E-state index in [1.165, 1.54) is 0 Å². The van der Waals surface area contributed by atoms with E-state index in [-0.39, 0.29) is 32.7 Å². The topological polar surface area (TPSA) is 0 Å². The third-order valence-corrected chi connectivity index (χ3v) is 0.402. The fraction of sp³-hybridized carbons (Fsp3) is 0.400. The van der Waals surface area contributed by atoms with Crippen LogP contribution in [0.5, 0.6) is 0 Å². The Labute approximate surface area is 64.9 Å². The second kappa shape index (κ2) is 9.21. The molecule has 0 fully saturated rings. The summed E-state index contributed by atoms with van der Waals surface area (Å²) in [7, 11) is 0. The van der Waals surface area contributed by atoms with Gasteiger partial charge in [-0.1, -0.05) is 6.92 Å². The molecule has 0 heterocycles. The number of hydrogen-bond donors (Lipinski definition) is 0. The first-order valence-electron chi connectivity index (χ1n) is 1.86. The second-order valence-corrected chi connectivity index (χ2v) is 0.880. The van der Waals surface area contributed by atoms with Crippen LogP contribution in [0.25, 0.3) is 0 Å². The van der Waals surface area contributed by atoms with E-state index in [9.17, 15) is 0 Å². The summed E-state index contributed by atoms with van der Waals surface area (Å²) in [4.78, 5) is 0. The van der Waals surface area contributed by atoms with E-state index < -0.39 is 0 Å². The molecule has 0 amide bonds. The van der Waals surface area contributed by atoms with E-state index in [2.05, 4.69) is 13.5 Å². The van der Waals surface area contributed by atoms with Crippen molar-refractivity contribution in [3.05, 3.63) is 19.1 Å². The third-order valence-electron chi connectivity index (χ3n) is 0.402. The Balaban J connectivity index is 0. The molecule has 0 spiro atoms. The molecule has 0 aromatic heterocycles. The molecule has 0 rings (SSSR count). The molecule has 1 heteroatoms. The van der Waals surface area contributed by atoms with Crippen LogP contribution in [0.2, 0.25) is 0 Å². The fourth-order valence-electron chi connectivity index (χ4n) is 0.167. The van der Waals surface area contributed by atoms with Crippen molar-refractivity contribution >= 4 is 0 Å². The van der Waals surface area contributed by atoms with Crippen LogP contribution in [0, 0.1) is 6.42 Å². The fourth-order valence-corrected chi connectivity index (χ4v) is 0.167. The summed E-state index contributed by atoms with van der Waals surface area (Å²) in [5.74, 6) is 0. The van der Waals surface area contributed by atoms with E-state index in [1.54, 1.807) is 6.08 Å². The molecular weight excluding hydrogens is 149 g/mol. The minimum absolute atomic E-state index is 0. The van der Waals surface area contributed by atoms with Crippen molar-refractivity contribution in [2.75, 3.05) is 0 Å². The van der Waals surface area contributed by atoms with Gasteiger partial charge in [-0.25, -0.2) is 19.1 Å². The van der Waals surface area contributed by atoms with Gasteiger partial charge in [0, 0.05) is 32.7 Å². The zero-order chi connectivity index (χ0) is 4.12. The van der Waals surface area contributed by atoms with Crippen molar-refractivity contribution in [3.63, 3.8) is 0 Å². The van der Waals surface area contributed by atoms with Gasteiger partial charge in [0.15, 0.2) is 0 Å². The number of hydrogen-bond acceptors (Lipinski definition) is 0. The molecule has 0 unspecified atom stereocenters. The van der Waals surface area contributed by atoms with Crippen LogP contribution >= 0.6 is 0 Å². The Morgan fingerprint density at radius 1 is 1.83 bits per heavy atom. The molecule has 6 heavy (non-hydrogen) atoms. The van der Waals surface area contributed by atoms with Crippen molar-refractivity contribution in [3.8, 4) is 0 Å². The zero-order valence-corrected chi connectivity index (χ0v) is 6.98. The van der Waals surface area contributed by atoms with Crippen molar-refractivity contribution in [2.45, 2.75) is 13.3 Å². The van der Waals surface area contributed by atoms with Crippen molar-refractivity contribution in [1.29, 1.82) is 0 Å². The summed E-state index contributed by atoms with van der Waals surface area (Å²) in [6, 6.07) is 0. The van der Waals surface area contributed by atoms with E-state index >= 15 is 0 Å². The standard InChI is InChI=1S/C5H9.Y/c1-3-5-4-2;/h3,5H,1,4H2,2H3;/q-1;. The maximum absolute atomic E-state index is 3.49. The van der Waals surface area contributed by atoms with Crippen molar-refractivity contribution < 1.29 is 32.7 Å². The molecule has 0 bridgehead atoms. The smallest absolute Gasteiger partial charge is 0 e. The first-order chi connectivity index (χ1) is 2.41. The maximum Gasteiger partial charge on any atom is 0 e. The van der Waals surface area contributed by atoms with Gasteiger partial charge in [0.2, 0.25) is 0 Å². The van der Waals surface area contributed by atoms with Crippen LogP contribution in [0.4, 0.5) is 0 Å². The van der Waals surface area contributed by atoms with E-state index in [0.29, 0.717) is 0 Å². The Bertz CT molecular complexity index is 25.1. The van der Waals surface area contributed by atoms with Crippen LogP contribution in [-0.4, -0.2) is 0 Å². The van der Waals surface area contributed by atoms with E-state index in [0.717, 1.165) is 6.42 Å². The molecule has 0 saturated carbocycles. The molecule has 0 atom stereocenters. The molecule has 0 N–H and O–H groups in total. The third kappa shape index (κ3) is 8.83. The molecule has 0 aliphatic heterocycles. The zero-order valence-electron chi connectivity index (χ0n) is 4.15. The quantitative estimate of drug-likeness (QED) is 0.537. The average molecular weight is 158 g/mol. The summed E-state index contributed by atoms with van der Waals surface area (Å²) in [5.41, 5.74) is 0. The predicted octanol–water partition coefficient (Wildman–Crippen LogP) is 1.78. The van der Waals surface area contributed by atoms with Gasteiger partial charge >= 0.3 is 0 Å². The van der Waals surface area contributed by atoms with E-state index in [1.807, 2.05) is 6.42 Å². The molecule has 0 aromatic carbocycles. The monoisotopic (exact) mass is 158 g/mol. The molecule has 1 radical (unpaired) electrons. The molecule has 0 nitrogen and oxygen atoms in total. The average Bonchev–Trinajstić information content (AvgIpc) is 1.41. The molecule has 0 saturated heterocycles. The summed E-state index contributed by atoms with van der Waals surface area (Å²) in [6.07, 6.45) is 4.92. The van der Waals surface area contributed by atoms with E-state index in [4.69, 9.17) is 0 Å². The van der Waals surface area contributed by atoms with Gasteiger partial charge in [-0.2, -0.15) is 0 Å². The molecule has 0 aliphatic carbocycles. The number of allylic oxidation sites excluding steroid dienone is 1. The van der Waals surface area contributed by atoms with Gasteiger partial charge in [0.25, 0.3) is 0 Å². The SMILES string of the molecule is C=C[CH-]CC.[Y]. The predicted molar refractivity (Wildman–Crippen MR) is 24.8 cm³/mol. The molecule has 0 aromatic rings. The summed E-state index contributed by atoms with van der Waals surface area (Å²) in [5, 5.41) is 0. The maximum atomic E-state index is 3.49. The van der Waals surface area contributed by atoms with Crippen molar-refractivity contribution in [2.24, 2.45) is 0 Å². The van der Waals surface area contributed by atoms with Gasteiger partial charge in [-0.05, 0) is 0 Å². The van der Waals surface area contributed by atoms with Crippen molar-refractivity contribution in [1.82, 2.24) is 0 Å².